The van der Waals surface area contributed by atoms with Crippen molar-refractivity contribution in [1.82, 2.24) is 10.3 Å². The number of amides is 1. The predicted molar refractivity (Wildman–Crippen MR) is 61.0 cm³/mol. The van der Waals surface area contributed by atoms with E-state index in [4.69, 9.17) is 0 Å². The molecule has 2 rings (SSSR count). The molecule has 0 aliphatic heterocycles. The van der Waals surface area contributed by atoms with E-state index in [2.05, 4.69) is 17.2 Å². The van der Waals surface area contributed by atoms with Crippen molar-refractivity contribution in [2.24, 2.45) is 11.8 Å². The van der Waals surface area contributed by atoms with Crippen molar-refractivity contribution >= 4 is 17.2 Å². The standard InChI is InChI=1S/C11H16N2OS/c1-8-2-3-9(4-8)5-12-11(14)10-6-15-7-13-10/h6-9H,2-5H2,1H3,(H,12,14). The summed E-state index contributed by atoms with van der Waals surface area (Å²) in [5.41, 5.74) is 2.23. The Bertz CT molecular complexity index is 323. The molecule has 0 spiro atoms. The second-order valence-corrected chi connectivity index (χ2v) is 5.09. The lowest BCUT2D eigenvalue weighted by Gasteiger charge is -2.09. The summed E-state index contributed by atoms with van der Waals surface area (Å²) in [5, 5.41) is 4.74. The third-order valence-corrected chi connectivity index (χ3v) is 3.61. The first-order valence-electron chi connectivity index (χ1n) is 5.42. The fourth-order valence-electron chi connectivity index (χ4n) is 2.16. The van der Waals surface area contributed by atoms with Crippen LogP contribution in [0.3, 0.4) is 0 Å². The minimum atomic E-state index is -0.0317. The molecular weight excluding hydrogens is 208 g/mol. The first-order chi connectivity index (χ1) is 7.25. The van der Waals surface area contributed by atoms with E-state index < -0.39 is 0 Å². The lowest BCUT2D eigenvalue weighted by molar-refractivity contribution is 0.0943. The van der Waals surface area contributed by atoms with E-state index in [1.54, 1.807) is 10.9 Å². The van der Waals surface area contributed by atoms with Gasteiger partial charge in [-0.2, -0.15) is 0 Å². The van der Waals surface area contributed by atoms with Crippen LogP contribution in [-0.2, 0) is 0 Å². The van der Waals surface area contributed by atoms with Crippen molar-refractivity contribution in [3.63, 3.8) is 0 Å². The van der Waals surface area contributed by atoms with Crippen molar-refractivity contribution in [2.75, 3.05) is 6.54 Å². The first-order valence-corrected chi connectivity index (χ1v) is 6.36. The van der Waals surface area contributed by atoms with Gasteiger partial charge in [0.1, 0.15) is 5.69 Å². The monoisotopic (exact) mass is 224 g/mol. The van der Waals surface area contributed by atoms with Crippen LogP contribution in [0.15, 0.2) is 10.9 Å². The van der Waals surface area contributed by atoms with Crippen molar-refractivity contribution in [3.8, 4) is 0 Å². The smallest absolute Gasteiger partial charge is 0.270 e. The number of nitrogens with one attached hydrogen (secondary N) is 1. The Morgan fingerprint density at radius 1 is 1.67 bits per heavy atom. The molecule has 82 valence electrons. The highest BCUT2D eigenvalue weighted by molar-refractivity contribution is 7.07. The topological polar surface area (TPSA) is 42.0 Å². The maximum absolute atomic E-state index is 11.6. The number of thiazole rings is 1. The zero-order valence-electron chi connectivity index (χ0n) is 8.90. The highest BCUT2D eigenvalue weighted by Crippen LogP contribution is 2.29. The molecule has 0 saturated heterocycles. The third-order valence-electron chi connectivity index (χ3n) is 3.02. The molecule has 1 aromatic rings. The van der Waals surface area contributed by atoms with E-state index >= 15 is 0 Å². The molecule has 0 aromatic carbocycles. The van der Waals surface area contributed by atoms with Gasteiger partial charge in [-0.05, 0) is 24.7 Å². The number of nitrogens with zero attached hydrogens (tertiary/aromatic N) is 1. The van der Waals surface area contributed by atoms with Crippen molar-refractivity contribution in [3.05, 3.63) is 16.6 Å². The minimum Gasteiger partial charge on any atom is -0.350 e. The molecule has 1 heterocycles. The van der Waals surface area contributed by atoms with Crippen LogP contribution < -0.4 is 5.32 Å². The summed E-state index contributed by atoms with van der Waals surface area (Å²) in [7, 11) is 0. The SMILES string of the molecule is CC1CCC(CNC(=O)c2cscn2)C1. The molecule has 4 heteroatoms. The Hall–Kier alpha value is -0.900. The van der Waals surface area contributed by atoms with Crippen LogP contribution >= 0.6 is 11.3 Å². The van der Waals surface area contributed by atoms with Gasteiger partial charge in [0.25, 0.3) is 5.91 Å². The van der Waals surface area contributed by atoms with Crippen LogP contribution in [0.4, 0.5) is 0 Å². The Morgan fingerprint density at radius 3 is 3.13 bits per heavy atom. The molecule has 15 heavy (non-hydrogen) atoms. The second kappa shape index (κ2) is 4.75. The lowest BCUT2D eigenvalue weighted by atomic mass is 10.1. The van der Waals surface area contributed by atoms with Gasteiger partial charge in [-0.15, -0.1) is 11.3 Å². The van der Waals surface area contributed by atoms with Gasteiger partial charge in [-0.25, -0.2) is 4.98 Å². The molecule has 2 atom stereocenters. The molecular formula is C11H16N2OS. The first kappa shape index (κ1) is 10.6. The third kappa shape index (κ3) is 2.78. The van der Waals surface area contributed by atoms with Gasteiger partial charge >= 0.3 is 0 Å². The largest absolute Gasteiger partial charge is 0.350 e. The average molecular weight is 224 g/mol. The summed E-state index contributed by atoms with van der Waals surface area (Å²) in [6, 6.07) is 0. The molecule has 1 saturated carbocycles. The Kier molecular flexibility index (Phi) is 3.36. The van der Waals surface area contributed by atoms with Gasteiger partial charge in [0.15, 0.2) is 0 Å². The van der Waals surface area contributed by atoms with E-state index in [0.29, 0.717) is 11.6 Å². The molecule has 1 aromatic heterocycles. The normalized spacial score (nSPS) is 25.4. The summed E-state index contributed by atoms with van der Waals surface area (Å²) in [6.07, 6.45) is 3.80. The molecule has 1 N–H and O–H groups in total. The molecule has 0 radical (unpaired) electrons. The summed E-state index contributed by atoms with van der Waals surface area (Å²) < 4.78 is 0. The Balaban J connectivity index is 1.76. The van der Waals surface area contributed by atoms with E-state index in [0.717, 1.165) is 12.5 Å². The number of hydrogen-bond acceptors (Lipinski definition) is 3. The van der Waals surface area contributed by atoms with Gasteiger partial charge in [-0.1, -0.05) is 13.3 Å². The predicted octanol–water partition coefficient (Wildman–Crippen LogP) is 2.31. The van der Waals surface area contributed by atoms with E-state index in [9.17, 15) is 4.79 Å². The lowest BCUT2D eigenvalue weighted by Crippen LogP contribution is -2.28. The molecule has 1 amide bonds. The Morgan fingerprint density at radius 2 is 2.53 bits per heavy atom. The zero-order chi connectivity index (χ0) is 10.7. The van der Waals surface area contributed by atoms with Crippen LogP contribution in [0.25, 0.3) is 0 Å². The molecule has 3 nitrogen and oxygen atoms in total. The maximum atomic E-state index is 11.6. The second-order valence-electron chi connectivity index (χ2n) is 4.37. The number of carbonyl (C=O) groups excluding carboxylic acids is 1. The molecule has 0 bridgehead atoms. The number of hydrogen-bond donors (Lipinski definition) is 1. The van der Waals surface area contributed by atoms with Crippen LogP contribution in [0, 0.1) is 11.8 Å². The number of rotatable bonds is 3. The Labute approximate surface area is 93.9 Å². The van der Waals surface area contributed by atoms with Crippen LogP contribution in [0.2, 0.25) is 0 Å². The van der Waals surface area contributed by atoms with Crippen molar-refractivity contribution < 1.29 is 4.79 Å². The van der Waals surface area contributed by atoms with E-state index in [-0.39, 0.29) is 5.91 Å². The van der Waals surface area contributed by atoms with Crippen LogP contribution in [-0.4, -0.2) is 17.4 Å². The highest BCUT2D eigenvalue weighted by Gasteiger charge is 2.21. The van der Waals surface area contributed by atoms with Crippen LogP contribution in [0.1, 0.15) is 36.7 Å². The van der Waals surface area contributed by atoms with Crippen molar-refractivity contribution in [1.29, 1.82) is 0 Å². The van der Waals surface area contributed by atoms with Crippen LogP contribution in [0.5, 0.6) is 0 Å². The zero-order valence-corrected chi connectivity index (χ0v) is 9.72. The molecule has 1 fully saturated rings. The number of aromatic nitrogens is 1. The quantitative estimate of drug-likeness (QED) is 0.856. The minimum absolute atomic E-state index is 0.0317. The molecule has 2 unspecified atom stereocenters. The maximum Gasteiger partial charge on any atom is 0.270 e. The number of carbonyl (C=O) groups is 1. The van der Waals surface area contributed by atoms with Gasteiger partial charge < -0.3 is 5.32 Å². The summed E-state index contributed by atoms with van der Waals surface area (Å²) >= 11 is 1.45. The fraction of sp³-hybridized carbons (Fsp3) is 0.636. The van der Waals surface area contributed by atoms with E-state index in [1.165, 1.54) is 30.6 Å². The van der Waals surface area contributed by atoms with Gasteiger partial charge in [0, 0.05) is 11.9 Å². The summed E-state index contributed by atoms with van der Waals surface area (Å²) in [6.45, 7) is 3.09. The molecule has 1 aliphatic carbocycles. The van der Waals surface area contributed by atoms with E-state index in [1.807, 2.05) is 0 Å². The summed E-state index contributed by atoms with van der Waals surface area (Å²) in [5.74, 6) is 1.46. The average Bonchev–Trinajstić information content (AvgIpc) is 2.84. The van der Waals surface area contributed by atoms with Gasteiger partial charge in [0.05, 0.1) is 5.51 Å². The highest BCUT2D eigenvalue weighted by atomic mass is 32.1. The van der Waals surface area contributed by atoms with Gasteiger partial charge in [-0.3, -0.25) is 4.79 Å². The fourth-order valence-corrected chi connectivity index (χ4v) is 2.69. The summed E-state index contributed by atoms with van der Waals surface area (Å²) in [4.78, 5) is 15.6. The van der Waals surface area contributed by atoms with Gasteiger partial charge in [0.2, 0.25) is 0 Å². The van der Waals surface area contributed by atoms with Crippen molar-refractivity contribution in [2.45, 2.75) is 26.2 Å². The molecule has 1 aliphatic rings.